The summed E-state index contributed by atoms with van der Waals surface area (Å²) in [5, 5.41) is 13.9. The molecule has 0 bridgehead atoms. The van der Waals surface area contributed by atoms with Crippen LogP contribution in [0.25, 0.3) is 0 Å². The second-order valence-electron chi connectivity index (χ2n) is 6.11. The molecule has 0 spiro atoms. The molecule has 1 aromatic heterocycles. The molecule has 21 heavy (non-hydrogen) atoms. The van der Waals surface area contributed by atoms with E-state index in [9.17, 15) is 14.3 Å². The SMILES string of the molecule is CC(C)(O)C(=O)c1nc2n(n1)[C@H](C1C=CC=CC1)C[C@@H]2F. The van der Waals surface area contributed by atoms with Crippen LogP contribution in [-0.4, -0.2) is 31.3 Å². The van der Waals surface area contributed by atoms with Crippen LogP contribution in [0.3, 0.4) is 0 Å². The third-order valence-corrected chi connectivity index (χ3v) is 3.97. The molecule has 0 saturated heterocycles. The summed E-state index contributed by atoms with van der Waals surface area (Å²) >= 11 is 0. The Bertz CT molecular complexity index is 627. The molecule has 3 rings (SSSR count). The number of halogens is 1. The molecule has 1 aliphatic carbocycles. The number of allylic oxidation sites excluding steroid dienone is 4. The molecule has 1 aromatic rings. The average Bonchev–Trinajstić information content (AvgIpc) is 2.99. The second-order valence-corrected chi connectivity index (χ2v) is 6.11. The number of hydrogen-bond acceptors (Lipinski definition) is 4. The Hall–Kier alpha value is -1.82. The van der Waals surface area contributed by atoms with Gasteiger partial charge in [0, 0.05) is 12.3 Å². The molecule has 0 fully saturated rings. The van der Waals surface area contributed by atoms with Gasteiger partial charge in [-0.15, -0.1) is 5.10 Å². The maximum atomic E-state index is 14.2. The van der Waals surface area contributed by atoms with Crippen molar-refractivity contribution in [3.05, 3.63) is 36.0 Å². The Morgan fingerprint density at radius 1 is 1.48 bits per heavy atom. The molecule has 1 N–H and O–H groups in total. The first kappa shape index (κ1) is 14.1. The minimum Gasteiger partial charge on any atom is -0.382 e. The fourth-order valence-corrected chi connectivity index (χ4v) is 2.82. The number of aliphatic hydroxyl groups is 1. The number of aromatic nitrogens is 3. The highest BCUT2D eigenvalue weighted by Gasteiger charge is 2.40. The predicted molar refractivity (Wildman–Crippen MR) is 74.5 cm³/mol. The van der Waals surface area contributed by atoms with Crippen molar-refractivity contribution in [3.63, 3.8) is 0 Å². The number of nitrogens with zero attached hydrogens (tertiary/aromatic N) is 3. The maximum Gasteiger partial charge on any atom is 0.232 e. The van der Waals surface area contributed by atoms with Gasteiger partial charge in [-0.2, -0.15) is 0 Å². The Kier molecular flexibility index (Phi) is 3.28. The molecule has 6 heteroatoms. The number of rotatable bonds is 3. The lowest BCUT2D eigenvalue weighted by molar-refractivity contribution is 0.0475. The van der Waals surface area contributed by atoms with E-state index >= 15 is 0 Å². The molecule has 1 unspecified atom stereocenters. The topological polar surface area (TPSA) is 68.0 Å². The number of carbonyl (C=O) groups is 1. The Morgan fingerprint density at radius 2 is 2.24 bits per heavy atom. The van der Waals surface area contributed by atoms with Crippen molar-refractivity contribution in [2.75, 3.05) is 0 Å². The van der Waals surface area contributed by atoms with Crippen LogP contribution in [-0.2, 0) is 0 Å². The number of ketones is 1. The molecule has 0 amide bonds. The van der Waals surface area contributed by atoms with E-state index in [0.29, 0.717) is 6.42 Å². The fourth-order valence-electron chi connectivity index (χ4n) is 2.82. The molecule has 2 heterocycles. The largest absolute Gasteiger partial charge is 0.382 e. The van der Waals surface area contributed by atoms with Crippen LogP contribution in [0.5, 0.6) is 0 Å². The van der Waals surface area contributed by atoms with Crippen LogP contribution < -0.4 is 0 Å². The average molecular weight is 291 g/mol. The summed E-state index contributed by atoms with van der Waals surface area (Å²) < 4.78 is 15.7. The van der Waals surface area contributed by atoms with Gasteiger partial charge < -0.3 is 5.11 Å². The third-order valence-electron chi connectivity index (χ3n) is 3.97. The van der Waals surface area contributed by atoms with Crippen LogP contribution >= 0.6 is 0 Å². The van der Waals surface area contributed by atoms with Gasteiger partial charge in [0.2, 0.25) is 11.6 Å². The van der Waals surface area contributed by atoms with Crippen LogP contribution in [0.1, 0.15) is 55.3 Å². The van der Waals surface area contributed by atoms with E-state index in [2.05, 4.69) is 10.1 Å². The highest BCUT2D eigenvalue weighted by Crippen LogP contribution is 2.42. The van der Waals surface area contributed by atoms with Gasteiger partial charge in [0.1, 0.15) is 5.60 Å². The first-order valence-electron chi connectivity index (χ1n) is 7.09. The van der Waals surface area contributed by atoms with Crippen molar-refractivity contribution < 1.29 is 14.3 Å². The van der Waals surface area contributed by atoms with E-state index in [1.165, 1.54) is 18.5 Å². The van der Waals surface area contributed by atoms with Crippen molar-refractivity contribution in [3.8, 4) is 0 Å². The first-order valence-corrected chi connectivity index (χ1v) is 7.09. The summed E-state index contributed by atoms with van der Waals surface area (Å²) in [6.45, 7) is 2.75. The van der Waals surface area contributed by atoms with Crippen LogP contribution in [0, 0.1) is 5.92 Å². The third kappa shape index (κ3) is 2.44. The predicted octanol–water partition coefficient (Wildman–Crippen LogP) is 2.32. The van der Waals surface area contributed by atoms with E-state index in [4.69, 9.17) is 0 Å². The molecule has 3 atom stereocenters. The molecular formula is C15H18FN3O2. The summed E-state index contributed by atoms with van der Waals surface area (Å²) in [5.74, 6) is -0.355. The fraction of sp³-hybridized carbons (Fsp3) is 0.533. The van der Waals surface area contributed by atoms with Crippen molar-refractivity contribution in [1.29, 1.82) is 0 Å². The zero-order chi connectivity index (χ0) is 15.2. The maximum absolute atomic E-state index is 14.2. The quantitative estimate of drug-likeness (QED) is 0.868. The van der Waals surface area contributed by atoms with E-state index < -0.39 is 17.6 Å². The molecule has 0 saturated carbocycles. The van der Waals surface area contributed by atoms with Crippen molar-refractivity contribution in [1.82, 2.24) is 14.8 Å². The van der Waals surface area contributed by atoms with Crippen molar-refractivity contribution in [2.45, 2.75) is 44.5 Å². The summed E-state index contributed by atoms with van der Waals surface area (Å²) in [7, 11) is 0. The molecular weight excluding hydrogens is 273 g/mol. The van der Waals surface area contributed by atoms with E-state index in [1.54, 1.807) is 0 Å². The minimum absolute atomic E-state index is 0.111. The van der Waals surface area contributed by atoms with Gasteiger partial charge in [-0.1, -0.05) is 24.3 Å². The molecule has 0 aromatic carbocycles. The zero-order valence-corrected chi connectivity index (χ0v) is 12.0. The van der Waals surface area contributed by atoms with Gasteiger partial charge in [0.15, 0.2) is 12.0 Å². The van der Waals surface area contributed by atoms with Crippen LogP contribution in [0.4, 0.5) is 4.39 Å². The summed E-state index contributed by atoms with van der Waals surface area (Å²) in [6, 6.07) is -0.132. The normalized spacial score (nSPS) is 27.9. The van der Waals surface area contributed by atoms with E-state index in [1.807, 2.05) is 24.3 Å². The van der Waals surface area contributed by atoms with Gasteiger partial charge in [-0.05, 0) is 20.3 Å². The highest BCUT2D eigenvalue weighted by molar-refractivity contribution is 5.98. The van der Waals surface area contributed by atoms with Crippen molar-refractivity contribution >= 4 is 5.78 Å². The lowest BCUT2D eigenvalue weighted by atomic mass is 9.91. The van der Waals surface area contributed by atoms with Crippen molar-refractivity contribution in [2.24, 2.45) is 5.92 Å². The van der Waals surface area contributed by atoms with Gasteiger partial charge >= 0.3 is 0 Å². The van der Waals surface area contributed by atoms with Gasteiger partial charge in [-0.3, -0.25) is 4.79 Å². The summed E-state index contributed by atoms with van der Waals surface area (Å²) in [5.41, 5.74) is -1.56. The van der Waals surface area contributed by atoms with E-state index in [0.717, 1.165) is 6.42 Å². The number of fused-ring (bicyclic) bond motifs is 1. The first-order chi connectivity index (χ1) is 9.88. The zero-order valence-electron chi connectivity index (χ0n) is 12.0. The van der Waals surface area contributed by atoms with Gasteiger partial charge in [0.25, 0.3) is 0 Å². The number of carbonyl (C=O) groups excluding carboxylic acids is 1. The molecule has 2 aliphatic rings. The molecule has 1 aliphatic heterocycles. The Balaban J connectivity index is 1.92. The lowest BCUT2D eigenvalue weighted by Gasteiger charge is -2.21. The number of Topliss-reactive ketones (excluding diaryl/α,β-unsaturated/α-hetero) is 1. The smallest absolute Gasteiger partial charge is 0.232 e. The summed E-state index contributed by atoms with van der Waals surface area (Å²) in [6.07, 6.45) is 7.91. The number of alkyl halides is 1. The standard InChI is InChI=1S/C15H18FN3O2/c1-15(2,21)12(20)13-17-14-10(16)8-11(19(14)18-13)9-6-4-3-5-7-9/h3-6,9-11,21H,7-8H2,1-2H3/t9?,10-,11-/m0/s1. The highest BCUT2D eigenvalue weighted by atomic mass is 19.1. The Labute approximate surface area is 122 Å². The minimum atomic E-state index is -1.56. The van der Waals surface area contributed by atoms with Crippen LogP contribution in [0.15, 0.2) is 24.3 Å². The molecule has 112 valence electrons. The summed E-state index contributed by atoms with van der Waals surface area (Å²) in [4.78, 5) is 16.0. The van der Waals surface area contributed by atoms with Gasteiger partial charge in [-0.25, -0.2) is 14.1 Å². The van der Waals surface area contributed by atoms with E-state index in [-0.39, 0.29) is 23.6 Å². The molecule has 5 nitrogen and oxygen atoms in total. The number of hydrogen-bond donors (Lipinski definition) is 1. The monoisotopic (exact) mass is 291 g/mol. The lowest BCUT2D eigenvalue weighted by Crippen LogP contribution is -2.32. The van der Waals surface area contributed by atoms with Crippen LogP contribution in [0.2, 0.25) is 0 Å². The second kappa shape index (κ2) is 4.87. The van der Waals surface area contributed by atoms with Gasteiger partial charge in [0.05, 0.1) is 6.04 Å². The Morgan fingerprint density at radius 3 is 2.86 bits per heavy atom. The molecule has 0 radical (unpaired) electrons.